The lowest BCUT2D eigenvalue weighted by molar-refractivity contribution is 0.302. The Morgan fingerprint density at radius 3 is 2.75 bits per heavy atom. The minimum absolute atomic E-state index is 0.600. The first-order valence-corrected chi connectivity index (χ1v) is 5.68. The topological polar surface area (TPSA) is 27.7 Å². The normalized spacial score (nSPS) is 13.1. The van der Waals surface area contributed by atoms with Crippen LogP contribution in [0.5, 0.6) is 0 Å². The first-order valence-electron chi connectivity index (χ1n) is 2.56. The van der Waals surface area contributed by atoms with Gasteiger partial charge in [0.1, 0.15) is 10.5 Å². The standard InChI is InChI=1S/C2H12O3Si3/c1-2-3-7-5-8-4-6/h2,7-8H2,1,6H3. The Balaban J connectivity index is 2.53. The van der Waals surface area contributed by atoms with Crippen LogP contribution in [-0.2, 0) is 12.7 Å². The van der Waals surface area contributed by atoms with Crippen molar-refractivity contribution in [2.45, 2.75) is 6.92 Å². The average Bonchev–Trinajstić information content (AvgIpc) is 1.81. The van der Waals surface area contributed by atoms with Crippen molar-refractivity contribution in [3.63, 3.8) is 0 Å². The van der Waals surface area contributed by atoms with Crippen molar-refractivity contribution < 1.29 is 12.7 Å². The second kappa shape index (κ2) is 7.53. The monoisotopic (exact) mass is 168 g/mol. The van der Waals surface area contributed by atoms with Gasteiger partial charge in [-0.1, -0.05) is 0 Å². The van der Waals surface area contributed by atoms with Crippen molar-refractivity contribution in [2.75, 3.05) is 6.61 Å². The van der Waals surface area contributed by atoms with Gasteiger partial charge in [0.15, 0.2) is 0 Å². The Morgan fingerprint density at radius 1 is 1.50 bits per heavy atom. The van der Waals surface area contributed by atoms with Gasteiger partial charge in [0.05, 0.1) is 0 Å². The quantitative estimate of drug-likeness (QED) is 0.331. The lowest BCUT2D eigenvalue weighted by atomic mass is 10.9. The molecule has 3 nitrogen and oxygen atoms in total. The SMILES string of the molecule is CCO[SiH2]O[SiH2]O[SiH3]. The molecule has 0 rings (SSSR count). The third-order valence-corrected chi connectivity index (χ3v) is 3.42. The fraction of sp³-hybridized carbons (Fsp3) is 1.00. The molecule has 0 bridgehead atoms. The Morgan fingerprint density at radius 2 is 2.25 bits per heavy atom. The van der Waals surface area contributed by atoms with Crippen molar-refractivity contribution in [1.82, 2.24) is 0 Å². The summed E-state index contributed by atoms with van der Waals surface area (Å²) in [6.45, 7) is 2.75. The smallest absolute Gasteiger partial charge is 0.295 e. The highest BCUT2D eigenvalue weighted by Gasteiger charge is 1.83. The Kier molecular flexibility index (Phi) is 8.03. The Bertz CT molecular complexity index is 37.5. The fourth-order valence-electron chi connectivity index (χ4n) is 0.260. The zero-order valence-corrected chi connectivity index (χ0v) is 10.2. The van der Waals surface area contributed by atoms with Crippen LogP contribution in [0, 0.1) is 0 Å². The van der Waals surface area contributed by atoms with Gasteiger partial charge in [-0.25, -0.2) is 0 Å². The van der Waals surface area contributed by atoms with Crippen LogP contribution in [0.4, 0.5) is 0 Å². The first-order chi connectivity index (χ1) is 3.91. The van der Waals surface area contributed by atoms with E-state index in [2.05, 4.69) is 0 Å². The second-order valence-electron chi connectivity index (χ2n) is 1.22. The van der Waals surface area contributed by atoms with Crippen molar-refractivity contribution >= 4 is 30.5 Å². The highest BCUT2D eigenvalue weighted by Crippen LogP contribution is 1.69. The van der Waals surface area contributed by atoms with Gasteiger partial charge in [-0.15, -0.1) is 0 Å². The van der Waals surface area contributed by atoms with E-state index in [-0.39, 0.29) is 0 Å². The van der Waals surface area contributed by atoms with Gasteiger partial charge in [0.2, 0.25) is 0 Å². The molecule has 0 aromatic carbocycles. The van der Waals surface area contributed by atoms with Gasteiger partial charge in [0.25, 0.3) is 20.0 Å². The number of hydrogen-bond donors (Lipinski definition) is 0. The molecule has 0 atom stereocenters. The van der Waals surface area contributed by atoms with Crippen LogP contribution in [0.25, 0.3) is 0 Å². The molecule has 8 heavy (non-hydrogen) atoms. The Hall–Kier alpha value is 0.531. The largest absolute Gasteiger partial charge is 0.449 e. The van der Waals surface area contributed by atoms with Crippen molar-refractivity contribution in [3.05, 3.63) is 0 Å². The van der Waals surface area contributed by atoms with Crippen LogP contribution in [-0.4, -0.2) is 37.1 Å². The maximum Gasteiger partial charge on any atom is 0.295 e. The molecule has 6 heteroatoms. The van der Waals surface area contributed by atoms with E-state index in [0.29, 0.717) is 0 Å². The maximum absolute atomic E-state index is 5.09. The van der Waals surface area contributed by atoms with E-state index in [1.807, 2.05) is 6.92 Å². The van der Waals surface area contributed by atoms with Gasteiger partial charge in [-0.2, -0.15) is 0 Å². The predicted octanol–water partition coefficient (Wildman–Crippen LogP) is -2.67. The van der Waals surface area contributed by atoms with Crippen LogP contribution in [0.1, 0.15) is 6.92 Å². The predicted molar refractivity (Wildman–Crippen MR) is 40.8 cm³/mol. The molecule has 0 aromatic rings. The molecule has 0 heterocycles. The van der Waals surface area contributed by atoms with E-state index in [4.69, 9.17) is 12.7 Å². The minimum Gasteiger partial charge on any atom is -0.449 e. The summed E-state index contributed by atoms with van der Waals surface area (Å²) in [6.07, 6.45) is 0. The van der Waals surface area contributed by atoms with Crippen LogP contribution in [0.3, 0.4) is 0 Å². The van der Waals surface area contributed by atoms with E-state index in [1.165, 1.54) is 0 Å². The molecule has 50 valence electrons. The maximum atomic E-state index is 5.09. The average molecular weight is 168 g/mol. The van der Waals surface area contributed by atoms with Gasteiger partial charge in [-0.3, -0.25) is 0 Å². The zero-order valence-electron chi connectivity index (χ0n) is 5.35. The van der Waals surface area contributed by atoms with Crippen LogP contribution < -0.4 is 0 Å². The summed E-state index contributed by atoms with van der Waals surface area (Å²) < 4.78 is 15.0. The molecule has 0 amide bonds. The molecule has 0 aromatic heterocycles. The first kappa shape index (κ1) is 8.53. The third-order valence-electron chi connectivity index (χ3n) is 0.572. The molecule has 0 aliphatic rings. The number of rotatable bonds is 5. The van der Waals surface area contributed by atoms with E-state index in [1.54, 1.807) is 0 Å². The van der Waals surface area contributed by atoms with E-state index in [9.17, 15) is 0 Å². The molecule has 0 N–H and O–H groups in total. The summed E-state index contributed by atoms with van der Waals surface area (Å²) in [5.41, 5.74) is 0. The summed E-state index contributed by atoms with van der Waals surface area (Å²) in [6, 6.07) is 0. The second-order valence-corrected chi connectivity index (χ2v) is 6.04. The summed E-state index contributed by atoms with van der Waals surface area (Å²) in [4.78, 5) is 0. The lowest BCUT2D eigenvalue weighted by Crippen LogP contribution is -2.09. The molecule has 0 saturated carbocycles. The summed E-state index contributed by atoms with van der Waals surface area (Å²) in [7, 11) is -0.430. The number of hydrogen-bond acceptors (Lipinski definition) is 3. The highest BCUT2D eigenvalue weighted by atomic mass is 28.4. The summed E-state index contributed by atoms with van der Waals surface area (Å²) >= 11 is 0. The Labute approximate surface area is 57.4 Å². The highest BCUT2D eigenvalue weighted by molar-refractivity contribution is 6.37. The van der Waals surface area contributed by atoms with Crippen molar-refractivity contribution in [1.29, 1.82) is 0 Å². The van der Waals surface area contributed by atoms with E-state index >= 15 is 0 Å². The van der Waals surface area contributed by atoms with Gasteiger partial charge in [-0.05, 0) is 6.92 Å². The van der Waals surface area contributed by atoms with Gasteiger partial charge in [0, 0.05) is 6.61 Å². The molecule has 0 aliphatic heterocycles. The van der Waals surface area contributed by atoms with Crippen LogP contribution in [0.15, 0.2) is 0 Å². The van der Waals surface area contributed by atoms with Gasteiger partial charge < -0.3 is 12.7 Å². The minimum atomic E-state index is -0.641. The van der Waals surface area contributed by atoms with Gasteiger partial charge >= 0.3 is 0 Å². The van der Waals surface area contributed by atoms with Crippen LogP contribution in [0.2, 0.25) is 0 Å². The molecular formula is C2H12O3Si3. The van der Waals surface area contributed by atoms with Crippen molar-refractivity contribution in [2.24, 2.45) is 0 Å². The molecular weight excluding hydrogens is 156 g/mol. The molecule has 0 radical (unpaired) electrons. The summed E-state index contributed by atoms with van der Waals surface area (Å²) in [5, 5.41) is 0. The van der Waals surface area contributed by atoms with E-state index in [0.717, 1.165) is 17.1 Å². The molecule has 0 fully saturated rings. The zero-order chi connectivity index (χ0) is 6.24. The lowest BCUT2D eigenvalue weighted by Gasteiger charge is -1.99. The third kappa shape index (κ3) is 6.53. The summed E-state index contributed by atoms with van der Waals surface area (Å²) in [5.74, 6) is 0. The molecule has 0 saturated heterocycles. The molecule has 0 spiro atoms. The van der Waals surface area contributed by atoms with Crippen LogP contribution >= 0.6 is 0 Å². The molecule has 0 aliphatic carbocycles. The van der Waals surface area contributed by atoms with Crippen molar-refractivity contribution in [3.8, 4) is 0 Å². The molecule has 0 unspecified atom stereocenters. The fourth-order valence-corrected chi connectivity index (χ4v) is 3.34. The van der Waals surface area contributed by atoms with E-state index < -0.39 is 20.0 Å².